The number of aromatic nitrogens is 1. The van der Waals surface area contributed by atoms with Gasteiger partial charge in [-0.15, -0.1) is 11.3 Å². The SMILES string of the molecule is CCc1ccc(C(=O)Nc2ncc(N)cc2Br)s1. The van der Waals surface area contributed by atoms with E-state index in [4.69, 9.17) is 5.73 Å². The Morgan fingerprint density at radius 1 is 1.56 bits per heavy atom. The fraction of sp³-hybridized carbons (Fsp3) is 0.167. The van der Waals surface area contributed by atoms with Gasteiger partial charge in [0.25, 0.3) is 5.91 Å². The maximum atomic E-state index is 12.0. The molecule has 2 aromatic rings. The number of thiophene rings is 1. The molecule has 4 nitrogen and oxygen atoms in total. The second-order valence-corrected chi connectivity index (χ2v) is 5.70. The molecule has 0 saturated carbocycles. The number of amides is 1. The second kappa shape index (κ2) is 5.49. The molecule has 0 atom stereocenters. The molecule has 0 fully saturated rings. The summed E-state index contributed by atoms with van der Waals surface area (Å²) in [6, 6.07) is 5.49. The molecule has 0 saturated heterocycles. The van der Waals surface area contributed by atoms with E-state index >= 15 is 0 Å². The van der Waals surface area contributed by atoms with Gasteiger partial charge >= 0.3 is 0 Å². The maximum Gasteiger partial charge on any atom is 0.266 e. The fourth-order valence-electron chi connectivity index (χ4n) is 1.40. The minimum atomic E-state index is -0.155. The molecular formula is C12H12BrN3OS. The smallest absolute Gasteiger partial charge is 0.266 e. The van der Waals surface area contributed by atoms with Crippen molar-refractivity contribution in [3.8, 4) is 0 Å². The Morgan fingerprint density at radius 3 is 2.94 bits per heavy atom. The number of carbonyl (C=O) groups excluding carboxylic acids is 1. The predicted molar refractivity (Wildman–Crippen MR) is 78.0 cm³/mol. The van der Waals surface area contributed by atoms with E-state index in [0.29, 0.717) is 20.9 Å². The number of carbonyl (C=O) groups is 1. The van der Waals surface area contributed by atoms with E-state index in [1.54, 1.807) is 6.07 Å². The molecule has 0 aromatic carbocycles. The fourth-order valence-corrected chi connectivity index (χ4v) is 2.71. The van der Waals surface area contributed by atoms with Crippen LogP contribution >= 0.6 is 27.3 Å². The van der Waals surface area contributed by atoms with Crippen molar-refractivity contribution >= 4 is 44.7 Å². The van der Waals surface area contributed by atoms with Gasteiger partial charge in [0, 0.05) is 4.88 Å². The monoisotopic (exact) mass is 325 g/mol. The molecule has 0 spiro atoms. The number of nitrogen functional groups attached to an aromatic ring is 1. The minimum absolute atomic E-state index is 0.155. The minimum Gasteiger partial charge on any atom is -0.397 e. The second-order valence-electron chi connectivity index (χ2n) is 3.67. The first-order valence-electron chi connectivity index (χ1n) is 5.41. The van der Waals surface area contributed by atoms with Gasteiger partial charge < -0.3 is 11.1 Å². The highest BCUT2D eigenvalue weighted by molar-refractivity contribution is 9.10. The van der Waals surface area contributed by atoms with Crippen molar-refractivity contribution in [2.75, 3.05) is 11.1 Å². The molecule has 0 aliphatic carbocycles. The topological polar surface area (TPSA) is 68.0 Å². The highest BCUT2D eigenvalue weighted by Crippen LogP contribution is 2.23. The molecule has 3 N–H and O–H groups in total. The average molecular weight is 326 g/mol. The number of rotatable bonds is 3. The normalized spacial score (nSPS) is 10.3. The van der Waals surface area contributed by atoms with Crippen molar-refractivity contribution in [1.29, 1.82) is 0 Å². The number of nitrogens with zero attached hydrogens (tertiary/aromatic N) is 1. The van der Waals surface area contributed by atoms with E-state index in [1.165, 1.54) is 22.4 Å². The molecule has 2 aromatic heterocycles. The Bertz CT molecular complexity index is 582. The molecular weight excluding hydrogens is 314 g/mol. The highest BCUT2D eigenvalue weighted by atomic mass is 79.9. The van der Waals surface area contributed by atoms with Crippen LogP contribution in [0.4, 0.5) is 11.5 Å². The van der Waals surface area contributed by atoms with E-state index in [9.17, 15) is 4.79 Å². The standard InChI is InChI=1S/C12H12BrN3OS/c1-2-8-3-4-10(18-8)12(17)16-11-9(13)5-7(14)6-15-11/h3-6H,2,14H2,1H3,(H,15,16,17). The number of hydrogen-bond acceptors (Lipinski definition) is 4. The number of halogens is 1. The van der Waals surface area contributed by atoms with Crippen molar-refractivity contribution < 1.29 is 4.79 Å². The van der Waals surface area contributed by atoms with E-state index in [0.717, 1.165) is 6.42 Å². The average Bonchev–Trinajstić information content (AvgIpc) is 2.81. The Hall–Kier alpha value is -1.40. The van der Waals surface area contributed by atoms with Crippen molar-refractivity contribution in [2.45, 2.75) is 13.3 Å². The zero-order chi connectivity index (χ0) is 13.1. The quantitative estimate of drug-likeness (QED) is 0.909. The lowest BCUT2D eigenvalue weighted by atomic mass is 10.3. The van der Waals surface area contributed by atoms with E-state index in [-0.39, 0.29) is 5.91 Å². The van der Waals surface area contributed by atoms with Crippen molar-refractivity contribution in [3.05, 3.63) is 38.6 Å². The zero-order valence-corrected chi connectivity index (χ0v) is 12.1. The van der Waals surface area contributed by atoms with Crippen LogP contribution in [-0.4, -0.2) is 10.9 Å². The van der Waals surface area contributed by atoms with Gasteiger partial charge in [-0.3, -0.25) is 4.79 Å². The first kappa shape index (κ1) is 13.0. The van der Waals surface area contributed by atoms with Crippen LogP contribution in [0.25, 0.3) is 0 Å². The molecule has 0 radical (unpaired) electrons. The zero-order valence-electron chi connectivity index (χ0n) is 9.74. The van der Waals surface area contributed by atoms with Gasteiger partial charge in [-0.2, -0.15) is 0 Å². The lowest BCUT2D eigenvalue weighted by molar-refractivity contribution is 0.103. The summed E-state index contributed by atoms with van der Waals surface area (Å²) < 4.78 is 0.670. The number of hydrogen-bond donors (Lipinski definition) is 2. The summed E-state index contributed by atoms with van der Waals surface area (Å²) in [5.74, 6) is 0.318. The molecule has 2 rings (SSSR count). The summed E-state index contributed by atoms with van der Waals surface area (Å²) in [5, 5.41) is 2.75. The summed E-state index contributed by atoms with van der Waals surface area (Å²) in [5.41, 5.74) is 6.13. The van der Waals surface area contributed by atoms with Gasteiger partial charge in [0.1, 0.15) is 5.82 Å². The first-order chi connectivity index (χ1) is 8.60. The maximum absolute atomic E-state index is 12.0. The molecule has 0 unspecified atom stereocenters. The van der Waals surface area contributed by atoms with E-state index in [1.807, 2.05) is 12.1 Å². The first-order valence-corrected chi connectivity index (χ1v) is 7.02. The van der Waals surface area contributed by atoms with Gasteiger partial charge in [0.15, 0.2) is 0 Å². The predicted octanol–water partition coefficient (Wildman–Crippen LogP) is 3.30. The number of aryl methyl sites for hydroxylation is 1. The Kier molecular flexibility index (Phi) is 3.98. The van der Waals surface area contributed by atoms with Gasteiger partial charge in [0.05, 0.1) is 21.2 Å². The van der Waals surface area contributed by atoms with Crippen LogP contribution in [0.5, 0.6) is 0 Å². The van der Waals surface area contributed by atoms with Gasteiger partial charge in [-0.1, -0.05) is 6.92 Å². The van der Waals surface area contributed by atoms with E-state index < -0.39 is 0 Å². The largest absolute Gasteiger partial charge is 0.397 e. The number of nitrogens with two attached hydrogens (primary N) is 1. The number of pyridine rings is 1. The highest BCUT2D eigenvalue weighted by Gasteiger charge is 2.11. The lowest BCUT2D eigenvalue weighted by Crippen LogP contribution is -2.12. The molecule has 0 aliphatic heterocycles. The third kappa shape index (κ3) is 2.88. The van der Waals surface area contributed by atoms with E-state index in [2.05, 4.69) is 33.2 Å². The summed E-state index contributed by atoms with van der Waals surface area (Å²) >= 11 is 4.80. The van der Waals surface area contributed by atoms with Crippen LogP contribution in [0.15, 0.2) is 28.9 Å². The Balaban J connectivity index is 2.16. The van der Waals surface area contributed by atoms with Crippen LogP contribution in [0, 0.1) is 0 Å². The van der Waals surface area contributed by atoms with Gasteiger partial charge in [-0.05, 0) is 40.5 Å². The summed E-state index contributed by atoms with van der Waals surface area (Å²) in [6.07, 6.45) is 2.44. The van der Waals surface area contributed by atoms with Crippen LogP contribution in [0.3, 0.4) is 0 Å². The Labute approximate surface area is 117 Å². The molecule has 0 aliphatic rings. The van der Waals surface area contributed by atoms with Crippen molar-refractivity contribution in [1.82, 2.24) is 4.98 Å². The van der Waals surface area contributed by atoms with Crippen LogP contribution in [-0.2, 0) is 6.42 Å². The van der Waals surface area contributed by atoms with Crippen molar-refractivity contribution in [2.24, 2.45) is 0 Å². The van der Waals surface area contributed by atoms with Gasteiger partial charge in [-0.25, -0.2) is 4.98 Å². The van der Waals surface area contributed by atoms with Crippen LogP contribution in [0.2, 0.25) is 0 Å². The molecule has 6 heteroatoms. The third-order valence-electron chi connectivity index (χ3n) is 2.33. The number of nitrogens with one attached hydrogen (secondary N) is 1. The summed E-state index contributed by atoms with van der Waals surface area (Å²) in [4.78, 5) is 17.9. The molecule has 2 heterocycles. The van der Waals surface area contributed by atoms with Crippen molar-refractivity contribution in [3.63, 3.8) is 0 Å². The molecule has 18 heavy (non-hydrogen) atoms. The van der Waals surface area contributed by atoms with Crippen LogP contribution < -0.4 is 11.1 Å². The molecule has 94 valence electrons. The molecule has 1 amide bonds. The summed E-state index contributed by atoms with van der Waals surface area (Å²) in [7, 11) is 0. The number of anilines is 2. The Morgan fingerprint density at radius 2 is 2.33 bits per heavy atom. The van der Waals surface area contributed by atoms with Gasteiger partial charge in [0.2, 0.25) is 0 Å². The molecule has 0 bridgehead atoms. The van der Waals surface area contributed by atoms with Crippen LogP contribution in [0.1, 0.15) is 21.5 Å². The lowest BCUT2D eigenvalue weighted by Gasteiger charge is -2.05. The third-order valence-corrected chi connectivity index (χ3v) is 4.16. The summed E-state index contributed by atoms with van der Waals surface area (Å²) in [6.45, 7) is 2.06.